The molecule has 0 amide bonds. The molecule has 0 bridgehead atoms. The lowest BCUT2D eigenvalue weighted by Crippen LogP contribution is -2.49. The Bertz CT molecular complexity index is 255. The normalized spacial score (nSPS) is 31.8. The quantitative estimate of drug-likeness (QED) is 0.751. The van der Waals surface area contributed by atoms with E-state index in [4.69, 9.17) is 4.74 Å². The van der Waals surface area contributed by atoms with Crippen molar-refractivity contribution in [3.05, 3.63) is 0 Å². The lowest BCUT2D eigenvalue weighted by Gasteiger charge is -2.43. The molecular formula is C12H23NO3. The number of hydrogen-bond acceptors (Lipinski definition) is 4. The first-order valence-corrected chi connectivity index (χ1v) is 5.99. The van der Waals surface area contributed by atoms with Gasteiger partial charge in [-0.1, -0.05) is 20.8 Å². The van der Waals surface area contributed by atoms with Crippen molar-refractivity contribution in [1.29, 1.82) is 0 Å². The fourth-order valence-electron chi connectivity index (χ4n) is 2.26. The van der Waals surface area contributed by atoms with Gasteiger partial charge in [-0.3, -0.25) is 4.79 Å². The minimum Gasteiger partial charge on any atom is -0.466 e. The number of carbonyl (C=O) groups is 1. The van der Waals surface area contributed by atoms with E-state index >= 15 is 0 Å². The van der Waals surface area contributed by atoms with Gasteiger partial charge in [0.1, 0.15) is 0 Å². The molecule has 1 rings (SSSR count). The van der Waals surface area contributed by atoms with Gasteiger partial charge in [0.05, 0.1) is 12.5 Å². The highest BCUT2D eigenvalue weighted by Gasteiger charge is 2.41. The predicted molar refractivity (Wildman–Crippen MR) is 61.0 cm³/mol. The number of hydrogen-bond donors (Lipinski definition) is 1. The molecule has 2 atom stereocenters. The molecule has 0 spiro atoms. The first kappa shape index (κ1) is 13.5. The minimum atomic E-state index is -0.203. The van der Waals surface area contributed by atoms with Gasteiger partial charge in [0.25, 0.3) is 0 Å². The molecule has 0 saturated carbocycles. The van der Waals surface area contributed by atoms with E-state index in [1.807, 2.05) is 0 Å². The first-order valence-electron chi connectivity index (χ1n) is 5.99. The van der Waals surface area contributed by atoms with Crippen molar-refractivity contribution < 1.29 is 14.7 Å². The standard InChI is InChI=1S/C12H23NO3/c1-5-16-11(14)10-6-12(4,9(2)3)8-13(15)7-10/h9-10,15H,5-8H2,1-4H3/t10-,12+/m1/s1. The van der Waals surface area contributed by atoms with E-state index in [1.54, 1.807) is 6.92 Å². The molecular weight excluding hydrogens is 206 g/mol. The van der Waals surface area contributed by atoms with Gasteiger partial charge in [-0.05, 0) is 24.7 Å². The van der Waals surface area contributed by atoms with Crippen LogP contribution in [0.3, 0.4) is 0 Å². The number of hydroxylamine groups is 2. The van der Waals surface area contributed by atoms with E-state index in [0.29, 0.717) is 25.6 Å². The summed E-state index contributed by atoms with van der Waals surface area (Å²) in [6.45, 7) is 9.59. The number of carbonyl (C=O) groups excluding carboxylic acids is 1. The highest BCUT2D eigenvalue weighted by molar-refractivity contribution is 5.72. The summed E-state index contributed by atoms with van der Waals surface area (Å²) in [5, 5.41) is 11.0. The Balaban J connectivity index is 2.71. The Morgan fingerprint density at radius 3 is 2.75 bits per heavy atom. The molecule has 1 heterocycles. The van der Waals surface area contributed by atoms with Crippen LogP contribution in [0.1, 0.15) is 34.1 Å². The van der Waals surface area contributed by atoms with Gasteiger partial charge in [0.15, 0.2) is 0 Å². The Kier molecular flexibility index (Phi) is 4.33. The first-order chi connectivity index (χ1) is 7.39. The summed E-state index contributed by atoms with van der Waals surface area (Å²) < 4.78 is 5.03. The van der Waals surface area contributed by atoms with Crippen LogP contribution in [0, 0.1) is 17.3 Å². The van der Waals surface area contributed by atoms with Gasteiger partial charge < -0.3 is 9.94 Å². The van der Waals surface area contributed by atoms with Crippen molar-refractivity contribution in [2.45, 2.75) is 34.1 Å². The molecule has 1 N–H and O–H groups in total. The van der Waals surface area contributed by atoms with Crippen LogP contribution < -0.4 is 0 Å². The van der Waals surface area contributed by atoms with E-state index in [9.17, 15) is 10.0 Å². The summed E-state index contributed by atoms with van der Waals surface area (Å²) in [6.07, 6.45) is 0.792. The number of rotatable bonds is 3. The van der Waals surface area contributed by atoms with Crippen LogP contribution in [-0.4, -0.2) is 35.9 Å². The van der Waals surface area contributed by atoms with Gasteiger partial charge in [-0.25, -0.2) is 0 Å². The Morgan fingerprint density at radius 1 is 1.62 bits per heavy atom. The zero-order chi connectivity index (χ0) is 12.3. The molecule has 0 aromatic heterocycles. The molecule has 0 aromatic rings. The lowest BCUT2D eigenvalue weighted by atomic mass is 9.70. The topological polar surface area (TPSA) is 49.8 Å². The molecule has 0 radical (unpaired) electrons. The van der Waals surface area contributed by atoms with Crippen LogP contribution in [-0.2, 0) is 9.53 Å². The number of piperidine rings is 1. The Labute approximate surface area is 97.5 Å². The molecule has 4 nitrogen and oxygen atoms in total. The molecule has 0 aromatic carbocycles. The lowest BCUT2D eigenvalue weighted by molar-refractivity contribution is -0.180. The monoisotopic (exact) mass is 229 g/mol. The van der Waals surface area contributed by atoms with Crippen molar-refractivity contribution in [3.8, 4) is 0 Å². The van der Waals surface area contributed by atoms with E-state index in [1.165, 1.54) is 5.06 Å². The number of esters is 1. The summed E-state index contributed by atoms with van der Waals surface area (Å²) in [7, 11) is 0. The van der Waals surface area contributed by atoms with Gasteiger partial charge >= 0.3 is 5.97 Å². The summed E-state index contributed by atoms with van der Waals surface area (Å²) in [4.78, 5) is 11.7. The molecule has 1 fully saturated rings. The van der Waals surface area contributed by atoms with Crippen LogP contribution in [0.2, 0.25) is 0 Å². The average molecular weight is 229 g/mol. The van der Waals surface area contributed by atoms with Crippen molar-refractivity contribution >= 4 is 5.97 Å². The third-order valence-corrected chi connectivity index (χ3v) is 3.70. The van der Waals surface area contributed by atoms with Gasteiger partial charge in [0, 0.05) is 13.1 Å². The smallest absolute Gasteiger partial charge is 0.310 e. The zero-order valence-corrected chi connectivity index (χ0v) is 10.7. The van der Waals surface area contributed by atoms with Crippen LogP contribution in [0.25, 0.3) is 0 Å². The van der Waals surface area contributed by atoms with Gasteiger partial charge in [-0.15, -0.1) is 0 Å². The van der Waals surface area contributed by atoms with Crippen molar-refractivity contribution in [1.82, 2.24) is 5.06 Å². The minimum absolute atomic E-state index is 0.0234. The molecule has 1 saturated heterocycles. The molecule has 16 heavy (non-hydrogen) atoms. The van der Waals surface area contributed by atoms with E-state index in [2.05, 4.69) is 20.8 Å². The molecule has 0 unspecified atom stereocenters. The van der Waals surface area contributed by atoms with Gasteiger partial charge in [0.2, 0.25) is 0 Å². The zero-order valence-electron chi connectivity index (χ0n) is 10.7. The summed E-state index contributed by atoms with van der Waals surface area (Å²) >= 11 is 0. The third-order valence-electron chi connectivity index (χ3n) is 3.70. The van der Waals surface area contributed by atoms with Crippen LogP contribution >= 0.6 is 0 Å². The van der Waals surface area contributed by atoms with Crippen molar-refractivity contribution in [2.75, 3.05) is 19.7 Å². The molecule has 94 valence electrons. The maximum Gasteiger partial charge on any atom is 0.310 e. The maximum atomic E-state index is 11.7. The molecule has 4 heteroatoms. The fraction of sp³-hybridized carbons (Fsp3) is 0.917. The van der Waals surface area contributed by atoms with E-state index in [-0.39, 0.29) is 17.3 Å². The maximum absolute atomic E-state index is 11.7. The Morgan fingerprint density at radius 2 is 2.25 bits per heavy atom. The van der Waals surface area contributed by atoms with E-state index in [0.717, 1.165) is 6.42 Å². The van der Waals surface area contributed by atoms with Crippen molar-refractivity contribution in [3.63, 3.8) is 0 Å². The number of nitrogens with zero attached hydrogens (tertiary/aromatic N) is 1. The SMILES string of the molecule is CCOC(=O)[C@H]1CN(O)C[C@@](C)(C(C)C)C1. The van der Waals surface area contributed by atoms with Crippen LogP contribution in [0.5, 0.6) is 0 Å². The second-order valence-electron chi connectivity index (χ2n) is 5.31. The summed E-state index contributed by atoms with van der Waals surface area (Å²) in [6, 6.07) is 0. The van der Waals surface area contributed by atoms with Gasteiger partial charge in [-0.2, -0.15) is 5.06 Å². The predicted octanol–water partition coefficient (Wildman–Crippen LogP) is 1.92. The summed E-state index contributed by atoms with van der Waals surface area (Å²) in [5.74, 6) is 0.0404. The number of ether oxygens (including phenoxy) is 1. The fourth-order valence-corrected chi connectivity index (χ4v) is 2.26. The van der Waals surface area contributed by atoms with Crippen LogP contribution in [0.4, 0.5) is 0 Å². The Hall–Kier alpha value is -0.610. The summed E-state index contributed by atoms with van der Waals surface area (Å²) in [5.41, 5.74) is -0.0234. The van der Waals surface area contributed by atoms with Crippen molar-refractivity contribution in [2.24, 2.45) is 17.3 Å². The third kappa shape index (κ3) is 2.95. The largest absolute Gasteiger partial charge is 0.466 e. The molecule has 0 aliphatic carbocycles. The second-order valence-corrected chi connectivity index (χ2v) is 5.31. The average Bonchev–Trinajstić information content (AvgIpc) is 2.16. The highest BCUT2D eigenvalue weighted by Crippen LogP contribution is 2.38. The highest BCUT2D eigenvalue weighted by atomic mass is 16.5. The molecule has 1 aliphatic rings. The van der Waals surface area contributed by atoms with Crippen LogP contribution in [0.15, 0.2) is 0 Å². The molecule has 1 aliphatic heterocycles. The second kappa shape index (κ2) is 5.15. The van der Waals surface area contributed by atoms with E-state index < -0.39 is 0 Å².